The molecule has 3 rings (SSSR count). The molecule has 0 saturated carbocycles. The van der Waals surface area contributed by atoms with Gasteiger partial charge in [-0.1, -0.05) is 12.1 Å². The predicted octanol–water partition coefficient (Wildman–Crippen LogP) is 3.62. The van der Waals surface area contributed by atoms with E-state index in [0.29, 0.717) is 17.1 Å². The summed E-state index contributed by atoms with van der Waals surface area (Å²) in [5.41, 5.74) is 1.34. The molecule has 0 saturated heterocycles. The second-order valence-corrected chi connectivity index (χ2v) is 5.05. The molecule has 1 heterocycles. The molecule has 6 nitrogen and oxygen atoms in total. The smallest absolute Gasteiger partial charge is 0.274 e. The summed E-state index contributed by atoms with van der Waals surface area (Å²) in [6, 6.07) is 14.3. The van der Waals surface area contributed by atoms with Gasteiger partial charge in [0.05, 0.1) is 12.8 Å². The number of nitrogens with zero attached hydrogens (tertiary/aromatic N) is 2. The molecule has 25 heavy (non-hydrogen) atoms. The van der Waals surface area contributed by atoms with E-state index in [4.69, 9.17) is 4.74 Å². The lowest BCUT2D eigenvalue weighted by atomic mass is 10.3. The number of aromatic nitrogens is 2. The number of amides is 1. The van der Waals surface area contributed by atoms with Crippen molar-refractivity contribution in [2.75, 3.05) is 17.7 Å². The Hall–Kier alpha value is -3.48. The van der Waals surface area contributed by atoms with Crippen LogP contribution in [0.15, 0.2) is 60.8 Å². The molecule has 3 aromatic rings. The van der Waals surface area contributed by atoms with E-state index in [1.165, 1.54) is 36.5 Å². The summed E-state index contributed by atoms with van der Waals surface area (Å²) >= 11 is 0. The Morgan fingerprint density at radius 3 is 2.60 bits per heavy atom. The fourth-order valence-electron chi connectivity index (χ4n) is 2.14. The number of benzene rings is 2. The molecule has 2 aromatic carbocycles. The highest BCUT2D eigenvalue weighted by atomic mass is 19.1. The molecule has 2 N–H and O–H groups in total. The quantitative estimate of drug-likeness (QED) is 0.743. The second-order valence-electron chi connectivity index (χ2n) is 5.05. The van der Waals surface area contributed by atoms with Gasteiger partial charge in [-0.15, -0.1) is 0 Å². The maximum absolute atomic E-state index is 12.9. The standard InChI is InChI=1S/C18H15FN4O2/c1-25-16-5-3-2-4-14(16)22-18-20-11-10-15(23-18)17(24)21-13-8-6-12(19)7-9-13/h2-11H,1H3,(H,21,24)(H,20,22,23). The van der Waals surface area contributed by atoms with Gasteiger partial charge in [-0.2, -0.15) is 0 Å². The van der Waals surface area contributed by atoms with E-state index in [1.807, 2.05) is 18.2 Å². The van der Waals surface area contributed by atoms with Crippen LogP contribution in [0.2, 0.25) is 0 Å². The zero-order valence-electron chi connectivity index (χ0n) is 13.4. The predicted molar refractivity (Wildman–Crippen MR) is 92.7 cm³/mol. The van der Waals surface area contributed by atoms with Gasteiger partial charge in [0, 0.05) is 11.9 Å². The number of halogens is 1. The minimum absolute atomic E-state index is 0.178. The van der Waals surface area contributed by atoms with E-state index in [2.05, 4.69) is 20.6 Å². The molecule has 0 radical (unpaired) electrons. The first-order chi connectivity index (χ1) is 12.2. The maximum Gasteiger partial charge on any atom is 0.274 e. The molecule has 126 valence electrons. The van der Waals surface area contributed by atoms with Crippen LogP contribution >= 0.6 is 0 Å². The van der Waals surface area contributed by atoms with E-state index in [9.17, 15) is 9.18 Å². The van der Waals surface area contributed by atoms with Gasteiger partial charge < -0.3 is 15.4 Å². The summed E-state index contributed by atoms with van der Waals surface area (Å²) in [5, 5.41) is 5.66. The Balaban J connectivity index is 1.76. The largest absolute Gasteiger partial charge is 0.495 e. The van der Waals surface area contributed by atoms with E-state index in [1.54, 1.807) is 13.2 Å². The van der Waals surface area contributed by atoms with Crippen LogP contribution < -0.4 is 15.4 Å². The van der Waals surface area contributed by atoms with Crippen molar-refractivity contribution in [2.24, 2.45) is 0 Å². The Labute approximate surface area is 143 Å². The molecule has 0 unspecified atom stereocenters. The van der Waals surface area contributed by atoms with Crippen LogP contribution in [0.25, 0.3) is 0 Å². The molecule has 7 heteroatoms. The van der Waals surface area contributed by atoms with Crippen LogP contribution in [0.3, 0.4) is 0 Å². The van der Waals surface area contributed by atoms with Crippen molar-refractivity contribution >= 4 is 23.2 Å². The van der Waals surface area contributed by atoms with E-state index >= 15 is 0 Å². The number of ether oxygens (including phenoxy) is 1. The number of carbonyl (C=O) groups excluding carboxylic acids is 1. The SMILES string of the molecule is COc1ccccc1Nc1nccc(C(=O)Nc2ccc(F)cc2)n1. The van der Waals surface area contributed by atoms with Crippen molar-refractivity contribution in [3.63, 3.8) is 0 Å². The lowest BCUT2D eigenvalue weighted by molar-refractivity contribution is 0.102. The molecule has 0 aliphatic heterocycles. The lowest BCUT2D eigenvalue weighted by Crippen LogP contribution is -2.14. The number of carbonyl (C=O) groups is 1. The van der Waals surface area contributed by atoms with Gasteiger partial charge in [-0.05, 0) is 42.5 Å². The summed E-state index contributed by atoms with van der Waals surface area (Å²) in [6.07, 6.45) is 1.48. The molecule has 1 amide bonds. The number of para-hydroxylation sites is 2. The lowest BCUT2D eigenvalue weighted by Gasteiger charge is -2.10. The van der Waals surface area contributed by atoms with Crippen LogP contribution in [0.1, 0.15) is 10.5 Å². The van der Waals surface area contributed by atoms with Crippen molar-refractivity contribution in [1.29, 1.82) is 0 Å². The third-order valence-corrected chi connectivity index (χ3v) is 3.34. The summed E-state index contributed by atoms with van der Waals surface area (Å²) in [4.78, 5) is 20.6. The average molecular weight is 338 g/mol. The molecular weight excluding hydrogens is 323 g/mol. The Bertz CT molecular complexity index is 884. The maximum atomic E-state index is 12.9. The Morgan fingerprint density at radius 1 is 1.08 bits per heavy atom. The Morgan fingerprint density at radius 2 is 1.84 bits per heavy atom. The topological polar surface area (TPSA) is 76.1 Å². The normalized spacial score (nSPS) is 10.2. The van der Waals surface area contributed by atoms with Gasteiger partial charge >= 0.3 is 0 Å². The third-order valence-electron chi connectivity index (χ3n) is 3.34. The number of rotatable bonds is 5. The zero-order chi connectivity index (χ0) is 17.6. The minimum atomic E-state index is -0.419. The summed E-state index contributed by atoms with van der Waals surface area (Å²) in [7, 11) is 1.56. The first-order valence-electron chi connectivity index (χ1n) is 7.46. The first-order valence-corrected chi connectivity index (χ1v) is 7.46. The van der Waals surface area contributed by atoms with Crippen LogP contribution in [0.5, 0.6) is 5.75 Å². The number of hydrogen-bond acceptors (Lipinski definition) is 5. The molecular formula is C18H15FN4O2. The van der Waals surface area contributed by atoms with Crippen molar-refractivity contribution in [1.82, 2.24) is 9.97 Å². The molecule has 0 aliphatic rings. The minimum Gasteiger partial charge on any atom is -0.495 e. The highest BCUT2D eigenvalue weighted by molar-refractivity contribution is 6.02. The molecule has 1 aromatic heterocycles. The zero-order valence-corrected chi connectivity index (χ0v) is 13.4. The monoisotopic (exact) mass is 338 g/mol. The molecule has 0 atom stereocenters. The number of anilines is 3. The van der Waals surface area contributed by atoms with Gasteiger partial charge in [-0.3, -0.25) is 4.79 Å². The highest BCUT2D eigenvalue weighted by Gasteiger charge is 2.10. The highest BCUT2D eigenvalue weighted by Crippen LogP contribution is 2.25. The number of methoxy groups -OCH3 is 1. The van der Waals surface area contributed by atoms with Gasteiger partial charge in [0.2, 0.25) is 5.95 Å². The first kappa shape index (κ1) is 16.4. The van der Waals surface area contributed by atoms with Crippen LogP contribution in [0, 0.1) is 5.82 Å². The summed E-state index contributed by atoms with van der Waals surface area (Å²) in [6.45, 7) is 0. The van der Waals surface area contributed by atoms with Gasteiger partial charge in [0.15, 0.2) is 0 Å². The van der Waals surface area contributed by atoms with E-state index in [0.717, 1.165) is 0 Å². The molecule has 0 spiro atoms. The summed E-state index contributed by atoms with van der Waals surface area (Å²) in [5.74, 6) is 0.101. The Kier molecular flexibility index (Phi) is 4.84. The van der Waals surface area contributed by atoms with Crippen LogP contribution in [0.4, 0.5) is 21.7 Å². The van der Waals surface area contributed by atoms with Crippen molar-refractivity contribution in [3.05, 3.63) is 72.3 Å². The van der Waals surface area contributed by atoms with Crippen LogP contribution in [-0.2, 0) is 0 Å². The van der Waals surface area contributed by atoms with Crippen LogP contribution in [-0.4, -0.2) is 23.0 Å². The molecule has 0 bridgehead atoms. The van der Waals surface area contributed by atoms with Crippen molar-refractivity contribution in [2.45, 2.75) is 0 Å². The summed E-state index contributed by atoms with van der Waals surface area (Å²) < 4.78 is 18.2. The van der Waals surface area contributed by atoms with Crippen molar-refractivity contribution in [3.8, 4) is 5.75 Å². The van der Waals surface area contributed by atoms with Gasteiger partial charge in [0.1, 0.15) is 17.3 Å². The van der Waals surface area contributed by atoms with E-state index < -0.39 is 5.91 Å². The van der Waals surface area contributed by atoms with Gasteiger partial charge in [-0.25, -0.2) is 14.4 Å². The number of hydrogen-bond donors (Lipinski definition) is 2. The van der Waals surface area contributed by atoms with Crippen molar-refractivity contribution < 1.29 is 13.9 Å². The fraction of sp³-hybridized carbons (Fsp3) is 0.0556. The number of nitrogens with one attached hydrogen (secondary N) is 2. The van der Waals surface area contributed by atoms with E-state index in [-0.39, 0.29) is 17.5 Å². The average Bonchev–Trinajstić information content (AvgIpc) is 2.64. The third kappa shape index (κ3) is 4.08. The second kappa shape index (κ2) is 7.39. The molecule has 0 fully saturated rings. The van der Waals surface area contributed by atoms with Gasteiger partial charge in [0.25, 0.3) is 5.91 Å². The fourth-order valence-corrected chi connectivity index (χ4v) is 2.14. The molecule has 0 aliphatic carbocycles.